The molecular weight excluding hydrogens is 459 g/mol. The van der Waals surface area contributed by atoms with E-state index >= 15 is 0 Å². The van der Waals surface area contributed by atoms with E-state index in [1.165, 1.54) is 28.4 Å². The molecule has 4 amide bonds. The van der Waals surface area contributed by atoms with E-state index in [1.54, 1.807) is 36.5 Å². The number of nitrogens with one attached hydrogen (secondary N) is 2. The van der Waals surface area contributed by atoms with Crippen LogP contribution in [0, 0.1) is 5.82 Å². The third-order valence-corrected chi connectivity index (χ3v) is 6.80. The SMILES string of the molecule is O=C1CCC(N2Cc3ccc(CC(=O)Nc4ncc(-c5ccc(F)cc5)s4)cc3C2=O)C(=O)N1. The zero-order chi connectivity index (χ0) is 23.8. The first-order valence-corrected chi connectivity index (χ1v) is 11.5. The highest BCUT2D eigenvalue weighted by Gasteiger charge is 2.39. The van der Waals surface area contributed by atoms with Gasteiger partial charge in [0.2, 0.25) is 17.7 Å². The second-order valence-corrected chi connectivity index (χ2v) is 9.18. The van der Waals surface area contributed by atoms with Crippen LogP contribution in [-0.2, 0) is 27.3 Å². The number of imide groups is 1. The maximum absolute atomic E-state index is 13.1. The van der Waals surface area contributed by atoms with Gasteiger partial charge in [-0.3, -0.25) is 24.5 Å². The fourth-order valence-corrected chi connectivity index (χ4v) is 4.98. The molecule has 1 unspecified atom stereocenters. The Balaban J connectivity index is 1.24. The minimum absolute atomic E-state index is 0.0461. The van der Waals surface area contributed by atoms with Gasteiger partial charge < -0.3 is 10.2 Å². The van der Waals surface area contributed by atoms with Crippen LogP contribution in [0.25, 0.3) is 10.4 Å². The number of carbonyl (C=O) groups is 4. The number of piperidine rings is 1. The first-order chi connectivity index (χ1) is 16.4. The lowest BCUT2D eigenvalue weighted by Gasteiger charge is -2.29. The van der Waals surface area contributed by atoms with E-state index < -0.39 is 11.9 Å². The van der Waals surface area contributed by atoms with Gasteiger partial charge in [-0.05, 0) is 41.3 Å². The summed E-state index contributed by atoms with van der Waals surface area (Å²) in [6, 6.07) is 10.6. The molecule has 34 heavy (non-hydrogen) atoms. The number of halogens is 1. The minimum Gasteiger partial charge on any atom is -0.322 e. The van der Waals surface area contributed by atoms with Crippen molar-refractivity contribution >= 4 is 40.1 Å². The number of benzene rings is 2. The highest BCUT2D eigenvalue weighted by Crippen LogP contribution is 2.30. The summed E-state index contributed by atoms with van der Waals surface area (Å²) >= 11 is 1.28. The lowest BCUT2D eigenvalue weighted by molar-refractivity contribution is -0.137. The van der Waals surface area contributed by atoms with Crippen molar-refractivity contribution in [1.29, 1.82) is 0 Å². The molecule has 0 radical (unpaired) electrons. The number of hydrogen-bond acceptors (Lipinski definition) is 6. The first-order valence-electron chi connectivity index (χ1n) is 10.7. The van der Waals surface area contributed by atoms with E-state index in [-0.39, 0.29) is 42.9 Å². The number of aromatic nitrogens is 1. The second-order valence-electron chi connectivity index (χ2n) is 8.15. The van der Waals surface area contributed by atoms with Crippen molar-refractivity contribution in [1.82, 2.24) is 15.2 Å². The van der Waals surface area contributed by atoms with Crippen molar-refractivity contribution in [2.24, 2.45) is 0 Å². The third-order valence-electron chi connectivity index (χ3n) is 5.84. The fourth-order valence-electron chi connectivity index (χ4n) is 4.14. The van der Waals surface area contributed by atoms with Crippen LogP contribution in [0.4, 0.5) is 9.52 Å². The monoisotopic (exact) mass is 478 g/mol. The van der Waals surface area contributed by atoms with Gasteiger partial charge in [0.05, 0.1) is 11.3 Å². The van der Waals surface area contributed by atoms with E-state index in [0.717, 1.165) is 16.0 Å². The molecule has 2 aliphatic rings. The largest absolute Gasteiger partial charge is 0.322 e. The molecule has 0 aliphatic carbocycles. The van der Waals surface area contributed by atoms with Crippen molar-refractivity contribution in [3.63, 3.8) is 0 Å². The Bertz CT molecular complexity index is 1320. The first kappa shape index (κ1) is 21.9. The van der Waals surface area contributed by atoms with Crippen molar-refractivity contribution in [2.45, 2.75) is 31.8 Å². The van der Waals surface area contributed by atoms with Crippen LogP contribution >= 0.6 is 11.3 Å². The van der Waals surface area contributed by atoms with Gasteiger partial charge in [0.15, 0.2) is 5.13 Å². The minimum atomic E-state index is -0.676. The highest BCUT2D eigenvalue weighted by molar-refractivity contribution is 7.19. The standard InChI is InChI=1S/C24H19FN4O4S/c25-16-5-3-14(4-6-16)19-11-26-24(34-19)28-21(31)10-13-1-2-15-12-29(23(33)17(15)9-13)18-7-8-20(30)27-22(18)32/h1-6,9,11,18H,7-8,10,12H2,(H,26,28,31)(H,27,30,32). The molecule has 5 rings (SSSR count). The van der Waals surface area contributed by atoms with Crippen molar-refractivity contribution in [2.75, 3.05) is 5.32 Å². The maximum Gasteiger partial charge on any atom is 0.255 e. The average molecular weight is 479 g/mol. The summed E-state index contributed by atoms with van der Waals surface area (Å²) in [6.07, 6.45) is 2.16. The van der Waals surface area contributed by atoms with Crippen LogP contribution in [0.15, 0.2) is 48.7 Å². The molecular formula is C24H19FN4O4S. The van der Waals surface area contributed by atoms with Gasteiger partial charge in [0.25, 0.3) is 5.91 Å². The lowest BCUT2D eigenvalue weighted by Crippen LogP contribution is -2.52. The Morgan fingerprint density at radius 2 is 1.97 bits per heavy atom. The Kier molecular flexibility index (Phi) is 5.66. The van der Waals surface area contributed by atoms with Crippen LogP contribution < -0.4 is 10.6 Å². The quantitative estimate of drug-likeness (QED) is 0.549. The van der Waals surface area contributed by atoms with Crippen LogP contribution in [-0.4, -0.2) is 39.6 Å². The Labute approximate surface area is 197 Å². The van der Waals surface area contributed by atoms with Crippen LogP contribution in [0.3, 0.4) is 0 Å². The Hall–Kier alpha value is -3.92. The molecule has 3 aromatic rings. The van der Waals surface area contributed by atoms with E-state index in [1.807, 2.05) is 0 Å². The van der Waals surface area contributed by atoms with Gasteiger partial charge >= 0.3 is 0 Å². The predicted molar refractivity (Wildman–Crippen MR) is 122 cm³/mol. The third kappa shape index (κ3) is 4.32. The lowest BCUT2D eigenvalue weighted by atomic mass is 10.0. The summed E-state index contributed by atoms with van der Waals surface area (Å²) in [7, 11) is 0. The molecule has 2 aliphatic heterocycles. The van der Waals surface area contributed by atoms with Crippen LogP contribution in [0.1, 0.15) is 34.3 Å². The number of nitrogens with zero attached hydrogens (tertiary/aromatic N) is 2. The molecule has 1 atom stereocenters. The van der Waals surface area contributed by atoms with Gasteiger partial charge in [0.1, 0.15) is 11.9 Å². The number of fused-ring (bicyclic) bond motifs is 1. The molecule has 1 fully saturated rings. The summed E-state index contributed by atoms with van der Waals surface area (Å²) in [5, 5.41) is 5.46. The average Bonchev–Trinajstić information content (AvgIpc) is 3.39. The van der Waals surface area contributed by atoms with E-state index in [9.17, 15) is 23.6 Å². The topological polar surface area (TPSA) is 108 Å². The van der Waals surface area contributed by atoms with Crippen molar-refractivity contribution in [3.05, 3.63) is 71.2 Å². The van der Waals surface area contributed by atoms with E-state index in [4.69, 9.17) is 0 Å². The number of rotatable bonds is 5. The fraction of sp³-hybridized carbons (Fsp3) is 0.208. The smallest absolute Gasteiger partial charge is 0.255 e. The molecule has 0 spiro atoms. The number of carbonyl (C=O) groups excluding carboxylic acids is 4. The predicted octanol–water partition coefficient (Wildman–Crippen LogP) is 2.89. The van der Waals surface area contributed by atoms with Gasteiger partial charge in [-0.1, -0.05) is 35.6 Å². The zero-order valence-corrected chi connectivity index (χ0v) is 18.7. The molecule has 1 aromatic heterocycles. The Morgan fingerprint density at radius 3 is 2.74 bits per heavy atom. The van der Waals surface area contributed by atoms with Gasteiger partial charge in [-0.15, -0.1) is 0 Å². The molecule has 10 heteroatoms. The van der Waals surface area contributed by atoms with E-state index in [2.05, 4.69) is 15.6 Å². The number of hydrogen-bond donors (Lipinski definition) is 2. The second kappa shape index (κ2) is 8.79. The highest BCUT2D eigenvalue weighted by atomic mass is 32.1. The maximum atomic E-state index is 13.1. The summed E-state index contributed by atoms with van der Waals surface area (Å²) in [6.45, 7) is 0.290. The van der Waals surface area contributed by atoms with Crippen molar-refractivity contribution in [3.8, 4) is 10.4 Å². The van der Waals surface area contributed by atoms with Gasteiger partial charge in [0, 0.05) is 24.7 Å². The van der Waals surface area contributed by atoms with Gasteiger partial charge in [-0.25, -0.2) is 9.37 Å². The van der Waals surface area contributed by atoms with Gasteiger partial charge in [-0.2, -0.15) is 0 Å². The summed E-state index contributed by atoms with van der Waals surface area (Å²) in [4.78, 5) is 55.6. The number of thiazole rings is 1. The molecule has 8 nitrogen and oxygen atoms in total. The van der Waals surface area contributed by atoms with Crippen LogP contribution in [0.5, 0.6) is 0 Å². The molecule has 172 valence electrons. The van der Waals surface area contributed by atoms with E-state index in [0.29, 0.717) is 22.7 Å². The molecule has 0 saturated carbocycles. The molecule has 2 N–H and O–H groups in total. The summed E-state index contributed by atoms with van der Waals surface area (Å²) in [5.74, 6) is -1.68. The Morgan fingerprint density at radius 1 is 1.18 bits per heavy atom. The summed E-state index contributed by atoms with van der Waals surface area (Å²) in [5.41, 5.74) is 2.70. The molecule has 0 bridgehead atoms. The molecule has 3 heterocycles. The zero-order valence-electron chi connectivity index (χ0n) is 17.8. The number of anilines is 1. The molecule has 1 saturated heterocycles. The molecule has 2 aromatic carbocycles. The number of amides is 4. The van der Waals surface area contributed by atoms with Crippen LogP contribution in [0.2, 0.25) is 0 Å². The normalized spacial score (nSPS) is 17.5. The summed E-state index contributed by atoms with van der Waals surface area (Å²) < 4.78 is 13.1. The van der Waals surface area contributed by atoms with Crippen molar-refractivity contribution < 1.29 is 23.6 Å².